The Morgan fingerprint density at radius 1 is 0.688 bits per heavy atom. The lowest BCUT2D eigenvalue weighted by atomic mass is 10.5. The second-order valence-corrected chi connectivity index (χ2v) is 6.18. The van der Waals surface area contributed by atoms with E-state index in [1.54, 1.807) is 35.3 Å². The number of thioether (sulfide) groups is 3. The van der Waals surface area contributed by atoms with Gasteiger partial charge in [-0.2, -0.15) is 0 Å². The van der Waals surface area contributed by atoms with Gasteiger partial charge in [-0.05, 0) is 16.2 Å². The van der Waals surface area contributed by atoms with Crippen LogP contribution in [0.2, 0.25) is 0 Å². The van der Waals surface area contributed by atoms with Crippen LogP contribution in [0.5, 0.6) is 0 Å². The van der Waals surface area contributed by atoms with Gasteiger partial charge in [-0.25, -0.2) is 0 Å². The molecule has 0 unspecified atom stereocenters. The lowest BCUT2D eigenvalue weighted by Crippen LogP contribution is -2.30. The Morgan fingerprint density at radius 3 is 1.25 bits per heavy atom. The van der Waals surface area contributed by atoms with Crippen molar-refractivity contribution in [2.75, 3.05) is 36.9 Å². The van der Waals surface area contributed by atoms with E-state index in [1.807, 2.05) is 16.2 Å². The SMILES string of the molecule is C=CSCCN(CCSC=C)CCSC=C. The number of hydrogen-bond donors (Lipinski definition) is 0. The average molecular weight is 276 g/mol. The van der Waals surface area contributed by atoms with Crippen LogP contribution in [0.4, 0.5) is 0 Å². The van der Waals surface area contributed by atoms with Crippen molar-refractivity contribution in [2.45, 2.75) is 0 Å². The first-order valence-corrected chi connectivity index (χ1v) is 8.39. The summed E-state index contributed by atoms with van der Waals surface area (Å²) in [4.78, 5) is 2.49. The fourth-order valence-electron chi connectivity index (χ4n) is 1.13. The van der Waals surface area contributed by atoms with Crippen molar-refractivity contribution in [3.8, 4) is 0 Å². The van der Waals surface area contributed by atoms with Crippen molar-refractivity contribution in [1.29, 1.82) is 0 Å². The van der Waals surface area contributed by atoms with E-state index in [4.69, 9.17) is 0 Å². The Balaban J connectivity index is 3.69. The Hall–Kier alpha value is 0.230. The van der Waals surface area contributed by atoms with Crippen LogP contribution in [0.25, 0.3) is 0 Å². The Kier molecular flexibility index (Phi) is 13.5. The van der Waals surface area contributed by atoms with Gasteiger partial charge >= 0.3 is 0 Å². The van der Waals surface area contributed by atoms with E-state index in [2.05, 4.69) is 24.6 Å². The highest BCUT2D eigenvalue weighted by molar-refractivity contribution is 8.02. The maximum Gasteiger partial charge on any atom is 0.0102 e. The van der Waals surface area contributed by atoms with Gasteiger partial charge in [-0.15, -0.1) is 35.3 Å². The van der Waals surface area contributed by atoms with E-state index < -0.39 is 0 Å². The van der Waals surface area contributed by atoms with E-state index >= 15 is 0 Å². The summed E-state index contributed by atoms with van der Waals surface area (Å²) >= 11 is 5.35. The van der Waals surface area contributed by atoms with Crippen molar-refractivity contribution in [1.82, 2.24) is 4.90 Å². The molecule has 0 bridgehead atoms. The average Bonchev–Trinajstić information content (AvgIpc) is 2.29. The van der Waals surface area contributed by atoms with Gasteiger partial charge in [0, 0.05) is 36.9 Å². The molecule has 4 heteroatoms. The van der Waals surface area contributed by atoms with Crippen molar-refractivity contribution < 1.29 is 0 Å². The summed E-state index contributed by atoms with van der Waals surface area (Å²) in [6, 6.07) is 0. The van der Waals surface area contributed by atoms with Gasteiger partial charge in [0.2, 0.25) is 0 Å². The molecule has 0 atom stereocenters. The summed E-state index contributed by atoms with van der Waals surface area (Å²) in [7, 11) is 0. The van der Waals surface area contributed by atoms with E-state index in [0.29, 0.717) is 0 Å². The Bertz CT molecular complexity index is 161. The topological polar surface area (TPSA) is 3.24 Å². The third kappa shape index (κ3) is 10.7. The second-order valence-electron chi connectivity index (χ2n) is 2.95. The molecule has 0 rings (SSSR count). The highest BCUT2D eigenvalue weighted by Crippen LogP contribution is 2.07. The molecule has 0 saturated heterocycles. The van der Waals surface area contributed by atoms with Gasteiger partial charge in [0.25, 0.3) is 0 Å². The summed E-state index contributed by atoms with van der Waals surface area (Å²) in [5.74, 6) is 3.38. The van der Waals surface area contributed by atoms with Crippen molar-refractivity contribution in [3.63, 3.8) is 0 Å². The largest absolute Gasteiger partial charge is 0.301 e. The van der Waals surface area contributed by atoms with Gasteiger partial charge in [0.1, 0.15) is 0 Å². The second kappa shape index (κ2) is 13.3. The smallest absolute Gasteiger partial charge is 0.0102 e. The van der Waals surface area contributed by atoms with Gasteiger partial charge in [-0.1, -0.05) is 19.7 Å². The highest BCUT2D eigenvalue weighted by Gasteiger charge is 2.03. The molecule has 0 N–H and O–H groups in total. The zero-order chi connectivity index (χ0) is 12.1. The number of nitrogens with zero attached hydrogens (tertiary/aromatic N) is 1. The van der Waals surface area contributed by atoms with Crippen LogP contribution in [-0.2, 0) is 0 Å². The predicted molar refractivity (Wildman–Crippen MR) is 84.4 cm³/mol. The lowest BCUT2D eigenvalue weighted by Gasteiger charge is -2.20. The number of rotatable bonds is 12. The fourth-order valence-corrected chi connectivity index (χ4v) is 2.72. The fraction of sp³-hybridized carbons (Fsp3) is 0.500. The minimum absolute atomic E-state index is 1.13. The maximum absolute atomic E-state index is 3.72. The minimum Gasteiger partial charge on any atom is -0.301 e. The summed E-state index contributed by atoms with van der Waals surface area (Å²) in [5, 5.41) is 5.74. The third-order valence-corrected chi connectivity index (χ3v) is 3.89. The normalized spacial score (nSPS) is 10.3. The summed E-state index contributed by atoms with van der Waals surface area (Å²) in [6.07, 6.45) is 0. The molecule has 0 aromatic rings. The molecule has 0 saturated carbocycles. The molecule has 1 nitrogen and oxygen atoms in total. The van der Waals surface area contributed by atoms with Crippen LogP contribution in [-0.4, -0.2) is 41.8 Å². The van der Waals surface area contributed by atoms with Gasteiger partial charge in [0.15, 0.2) is 0 Å². The molecule has 0 aliphatic rings. The first-order valence-electron chi connectivity index (χ1n) is 5.25. The van der Waals surface area contributed by atoms with Gasteiger partial charge in [-0.3, -0.25) is 0 Å². The van der Waals surface area contributed by atoms with Crippen LogP contribution in [0.15, 0.2) is 36.0 Å². The van der Waals surface area contributed by atoms with Crippen molar-refractivity contribution >= 4 is 35.3 Å². The zero-order valence-electron chi connectivity index (χ0n) is 9.77. The third-order valence-electron chi connectivity index (χ3n) is 1.93. The molecule has 0 radical (unpaired) electrons. The maximum atomic E-state index is 3.72. The molecule has 0 aliphatic heterocycles. The van der Waals surface area contributed by atoms with Crippen molar-refractivity contribution in [3.05, 3.63) is 36.0 Å². The first kappa shape index (κ1) is 16.2. The summed E-state index contributed by atoms with van der Waals surface area (Å²) in [5.41, 5.74) is 0. The highest BCUT2D eigenvalue weighted by atomic mass is 32.2. The predicted octanol–water partition coefficient (Wildman–Crippen LogP) is 3.92. The monoisotopic (exact) mass is 275 g/mol. The van der Waals surface area contributed by atoms with Crippen LogP contribution >= 0.6 is 35.3 Å². The first-order chi connectivity index (χ1) is 7.85. The lowest BCUT2D eigenvalue weighted by molar-refractivity contribution is 0.329. The summed E-state index contributed by atoms with van der Waals surface area (Å²) in [6.45, 7) is 14.5. The van der Waals surface area contributed by atoms with Gasteiger partial charge < -0.3 is 4.90 Å². The molecule has 0 fully saturated rings. The quantitative estimate of drug-likeness (QED) is 0.496. The Labute approximate surface area is 113 Å². The Morgan fingerprint density at radius 2 is 1.00 bits per heavy atom. The van der Waals surface area contributed by atoms with E-state index in [9.17, 15) is 0 Å². The standard InChI is InChI=1S/C12H21NS3/c1-4-14-10-7-13(8-11-15-5-2)9-12-16-6-3/h4-6H,1-3,7-12H2. The molecule has 92 valence electrons. The van der Waals surface area contributed by atoms with E-state index in [-0.39, 0.29) is 0 Å². The van der Waals surface area contributed by atoms with E-state index in [1.165, 1.54) is 0 Å². The number of hydrogen-bond acceptors (Lipinski definition) is 4. The van der Waals surface area contributed by atoms with Crippen LogP contribution in [0.1, 0.15) is 0 Å². The van der Waals surface area contributed by atoms with Crippen LogP contribution in [0, 0.1) is 0 Å². The molecule has 0 heterocycles. The molecule has 0 spiro atoms. The molecule has 0 aromatic heterocycles. The molecular formula is C12H21NS3. The minimum atomic E-state index is 1.13. The van der Waals surface area contributed by atoms with E-state index in [0.717, 1.165) is 36.9 Å². The molecule has 0 amide bonds. The molecule has 16 heavy (non-hydrogen) atoms. The van der Waals surface area contributed by atoms with Crippen molar-refractivity contribution in [2.24, 2.45) is 0 Å². The zero-order valence-corrected chi connectivity index (χ0v) is 12.2. The van der Waals surface area contributed by atoms with Gasteiger partial charge in [0.05, 0.1) is 0 Å². The van der Waals surface area contributed by atoms with Crippen LogP contribution in [0.3, 0.4) is 0 Å². The molecule has 0 aliphatic carbocycles. The molecule has 0 aromatic carbocycles. The molecular weight excluding hydrogens is 254 g/mol. The van der Waals surface area contributed by atoms with Crippen LogP contribution < -0.4 is 0 Å². The summed E-state index contributed by atoms with van der Waals surface area (Å²) < 4.78 is 0.